The molecule has 0 aromatic rings. The zero-order chi connectivity index (χ0) is 11.6. The first-order valence-electron chi connectivity index (χ1n) is 5.33. The summed E-state index contributed by atoms with van der Waals surface area (Å²) in [7, 11) is -3.05. The monoisotopic (exact) mass is 245 g/mol. The summed E-state index contributed by atoms with van der Waals surface area (Å²) >= 11 is 0. The Morgan fingerprint density at radius 2 is 2.06 bits per heavy atom. The van der Waals surface area contributed by atoms with E-state index in [0.717, 1.165) is 0 Å². The number of hydrogen-bond acceptors (Lipinski definition) is 4. The van der Waals surface area contributed by atoms with Crippen LogP contribution < -0.4 is 0 Å². The van der Waals surface area contributed by atoms with E-state index in [2.05, 4.69) is 0 Å². The van der Waals surface area contributed by atoms with Crippen molar-refractivity contribution in [2.75, 3.05) is 32.1 Å². The number of hydrogen-bond donors (Lipinski definition) is 0. The van der Waals surface area contributed by atoms with Gasteiger partial charge in [0.1, 0.15) is 0 Å². The normalized spacial score (nSPS) is 28.2. The molecule has 1 saturated heterocycles. The maximum Gasteiger partial charge on any atom is 0.223 e. The van der Waals surface area contributed by atoms with Crippen LogP contribution in [0.5, 0.6) is 0 Å². The van der Waals surface area contributed by atoms with Crippen LogP contribution >= 0.6 is 0 Å². The Balaban J connectivity index is 1.86. The van der Waals surface area contributed by atoms with Crippen molar-refractivity contribution in [3.05, 3.63) is 11.5 Å². The van der Waals surface area contributed by atoms with Crippen LogP contribution in [0.15, 0.2) is 11.5 Å². The molecule has 0 bridgehead atoms. The number of morpholine rings is 1. The molecule has 90 valence electrons. The number of ether oxygens (including phenoxy) is 1. The molecule has 6 heteroatoms. The van der Waals surface area contributed by atoms with E-state index in [-0.39, 0.29) is 24.0 Å². The molecule has 0 saturated carbocycles. The molecule has 1 unspecified atom stereocenters. The van der Waals surface area contributed by atoms with E-state index in [1.54, 1.807) is 11.0 Å². The Bertz CT molecular complexity index is 395. The van der Waals surface area contributed by atoms with E-state index in [1.165, 1.54) is 5.41 Å². The van der Waals surface area contributed by atoms with Crippen molar-refractivity contribution in [1.29, 1.82) is 0 Å². The van der Waals surface area contributed by atoms with Gasteiger partial charge >= 0.3 is 0 Å². The highest BCUT2D eigenvalue weighted by atomic mass is 32.2. The van der Waals surface area contributed by atoms with Gasteiger partial charge in [-0.25, -0.2) is 8.42 Å². The molecular weight excluding hydrogens is 230 g/mol. The summed E-state index contributed by atoms with van der Waals surface area (Å²) in [6, 6.07) is 0. The van der Waals surface area contributed by atoms with Gasteiger partial charge in [-0.05, 0) is 0 Å². The van der Waals surface area contributed by atoms with Gasteiger partial charge in [-0.2, -0.15) is 0 Å². The van der Waals surface area contributed by atoms with E-state index >= 15 is 0 Å². The summed E-state index contributed by atoms with van der Waals surface area (Å²) in [5.41, 5.74) is 0. The number of carbonyl (C=O) groups is 1. The number of carbonyl (C=O) groups excluding carboxylic acids is 1. The number of amides is 1. The second-order valence-corrected chi connectivity index (χ2v) is 6.05. The fourth-order valence-corrected chi connectivity index (χ4v) is 3.33. The van der Waals surface area contributed by atoms with Crippen LogP contribution in [-0.4, -0.2) is 51.3 Å². The van der Waals surface area contributed by atoms with E-state index in [9.17, 15) is 13.2 Å². The fourth-order valence-electron chi connectivity index (χ4n) is 1.93. The smallest absolute Gasteiger partial charge is 0.223 e. The van der Waals surface area contributed by atoms with Gasteiger partial charge in [0.15, 0.2) is 9.84 Å². The molecule has 0 spiro atoms. The standard InChI is InChI=1S/C10H15NO4S/c12-10(11-2-4-15-5-3-11)7-9-1-6-16(13,14)8-9/h1,6,9H,2-5,7-8H2. The molecule has 16 heavy (non-hydrogen) atoms. The highest BCUT2D eigenvalue weighted by molar-refractivity contribution is 7.94. The van der Waals surface area contributed by atoms with Crippen molar-refractivity contribution in [2.24, 2.45) is 5.92 Å². The van der Waals surface area contributed by atoms with Gasteiger partial charge in [-0.3, -0.25) is 4.79 Å². The van der Waals surface area contributed by atoms with Crippen LogP contribution in [0.2, 0.25) is 0 Å². The molecule has 5 nitrogen and oxygen atoms in total. The molecule has 2 aliphatic rings. The number of nitrogens with zero attached hydrogens (tertiary/aromatic N) is 1. The quantitative estimate of drug-likeness (QED) is 0.675. The second-order valence-electron chi connectivity index (χ2n) is 4.12. The Kier molecular flexibility index (Phi) is 3.30. The Morgan fingerprint density at radius 1 is 1.38 bits per heavy atom. The molecule has 1 fully saturated rings. The Hall–Kier alpha value is -0.880. The lowest BCUT2D eigenvalue weighted by Crippen LogP contribution is -2.41. The topological polar surface area (TPSA) is 63.7 Å². The maximum absolute atomic E-state index is 11.8. The summed E-state index contributed by atoms with van der Waals surface area (Å²) in [4.78, 5) is 13.5. The molecule has 0 aromatic heterocycles. The average molecular weight is 245 g/mol. The van der Waals surface area contributed by atoms with Crippen molar-refractivity contribution in [1.82, 2.24) is 4.90 Å². The molecule has 0 N–H and O–H groups in total. The Labute approximate surface area is 95.0 Å². The van der Waals surface area contributed by atoms with Crippen LogP contribution in [-0.2, 0) is 19.4 Å². The first-order valence-corrected chi connectivity index (χ1v) is 7.05. The van der Waals surface area contributed by atoms with Gasteiger partial charge in [-0.1, -0.05) is 6.08 Å². The fraction of sp³-hybridized carbons (Fsp3) is 0.700. The highest BCUT2D eigenvalue weighted by Gasteiger charge is 2.26. The third-order valence-corrected chi connectivity index (χ3v) is 4.27. The number of rotatable bonds is 2. The lowest BCUT2D eigenvalue weighted by atomic mass is 10.1. The lowest BCUT2D eigenvalue weighted by Gasteiger charge is -2.27. The van der Waals surface area contributed by atoms with Crippen LogP contribution in [0.25, 0.3) is 0 Å². The molecule has 2 aliphatic heterocycles. The summed E-state index contributed by atoms with van der Waals surface area (Å²) < 4.78 is 27.5. The predicted molar refractivity (Wildman–Crippen MR) is 58.4 cm³/mol. The summed E-state index contributed by atoms with van der Waals surface area (Å²) in [5.74, 6) is -0.0568. The first-order chi connectivity index (χ1) is 7.57. The number of allylic oxidation sites excluding steroid dienone is 1. The maximum atomic E-state index is 11.8. The molecule has 0 radical (unpaired) electrons. The summed E-state index contributed by atoms with van der Waals surface area (Å²) in [6.45, 7) is 2.37. The second kappa shape index (κ2) is 4.55. The molecule has 1 amide bonds. The predicted octanol–water partition coefficient (Wildman–Crippen LogP) is -0.206. The van der Waals surface area contributed by atoms with Crippen LogP contribution in [0.3, 0.4) is 0 Å². The molecular formula is C10H15NO4S. The van der Waals surface area contributed by atoms with E-state index in [1.807, 2.05) is 0 Å². The molecule has 1 atom stereocenters. The average Bonchev–Trinajstić information content (AvgIpc) is 2.59. The zero-order valence-corrected chi connectivity index (χ0v) is 9.78. The lowest BCUT2D eigenvalue weighted by molar-refractivity contribution is -0.135. The van der Waals surface area contributed by atoms with Gasteiger partial charge < -0.3 is 9.64 Å². The van der Waals surface area contributed by atoms with Crippen LogP contribution in [0.1, 0.15) is 6.42 Å². The number of sulfone groups is 1. The van der Waals surface area contributed by atoms with Crippen molar-refractivity contribution < 1.29 is 17.9 Å². The van der Waals surface area contributed by atoms with E-state index in [0.29, 0.717) is 26.3 Å². The SMILES string of the molecule is O=C(CC1C=CS(=O)(=O)C1)N1CCOCC1. The largest absolute Gasteiger partial charge is 0.378 e. The van der Waals surface area contributed by atoms with Crippen LogP contribution in [0, 0.1) is 5.92 Å². The molecule has 0 aromatic carbocycles. The molecule has 0 aliphatic carbocycles. The third kappa shape index (κ3) is 2.82. The Morgan fingerprint density at radius 3 is 2.62 bits per heavy atom. The highest BCUT2D eigenvalue weighted by Crippen LogP contribution is 2.19. The minimum absolute atomic E-state index is 0.0232. The third-order valence-electron chi connectivity index (χ3n) is 2.81. The van der Waals surface area contributed by atoms with Crippen molar-refractivity contribution in [3.63, 3.8) is 0 Å². The molecule has 2 heterocycles. The van der Waals surface area contributed by atoms with Gasteiger partial charge in [0, 0.05) is 30.8 Å². The summed E-state index contributed by atoms with van der Waals surface area (Å²) in [5, 5.41) is 1.21. The van der Waals surface area contributed by atoms with Crippen molar-refractivity contribution in [3.8, 4) is 0 Å². The zero-order valence-electron chi connectivity index (χ0n) is 8.96. The minimum atomic E-state index is -3.05. The molecule has 2 rings (SSSR count). The van der Waals surface area contributed by atoms with Crippen molar-refractivity contribution in [2.45, 2.75) is 6.42 Å². The minimum Gasteiger partial charge on any atom is -0.378 e. The summed E-state index contributed by atoms with van der Waals surface area (Å²) in [6.07, 6.45) is 1.91. The van der Waals surface area contributed by atoms with Gasteiger partial charge in [0.2, 0.25) is 5.91 Å². The van der Waals surface area contributed by atoms with E-state index in [4.69, 9.17) is 4.74 Å². The van der Waals surface area contributed by atoms with Gasteiger partial charge in [0.05, 0.1) is 19.0 Å². The van der Waals surface area contributed by atoms with Crippen LogP contribution in [0.4, 0.5) is 0 Å². The van der Waals surface area contributed by atoms with Crippen molar-refractivity contribution >= 4 is 15.7 Å². The van der Waals surface area contributed by atoms with Gasteiger partial charge in [0.25, 0.3) is 0 Å². The van der Waals surface area contributed by atoms with Gasteiger partial charge in [-0.15, -0.1) is 0 Å². The first kappa shape index (κ1) is 11.6. The van der Waals surface area contributed by atoms with E-state index < -0.39 is 9.84 Å².